The topological polar surface area (TPSA) is 50.4 Å². The number of benzene rings is 1. The molecule has 3 nitrogen and oxygen atoms in total. The number of alkyl halides is 3. The summed E-state index contributed by atoms with van der Waals surface area (Å²) < 4.78 is 62.9. The van der Waals surface area contributed by atoms with Crippen molar-refractivity contribution in [2.75, 3.05) is 0 Å². The third kappa shape index (κ3) is 3.62. The van der Waals surface area contributed by atoms with Gasteiger partial charge in [0.25, 0.3) is 0 Å². The van der Waals surface area contributed by atoms with Gasteiger partial charge in [-0.25, -0.2) is 8.78 Å². The lowest BCUT2D eigenvalue weighted by Gasteiger charge is -2.09. The number of nitrogens with zero attached hydrogens (tertiary/aromatic N) is 1. The third-order valence-corrected chi connectivity index (χ3v) is 1.83. The Morgan fingerprint density at radius 1 is 1.28 bits per heavy atom. The molecule has 3 N–H and O–H groups in total. The Hall–Kier alpha value is -1.77. The van der Waals surface area contributed by atoms with Gasteiger partial charge in [0.2, 0.25) is 0 Å². The fourth-order valence-electron chi connectivity index (χ4n) is 1.11. The lowest BCUT2D eigenvalue weighted by molar-refractivity contribution is -0.142. The highest BCUT2D eigenvalue weighted by molar-refractivity contribution is 7.80. The van der Waals surface area contributed by atoms with Gasteiger partial charge in [-0.3, -0.25) is 5.43 Å². The monoisotopic (exact) mass is 283 g/mol. The molecule has 0 unspecified atom stereocenters. The van der Waals surface area contributed by atoms with Crippen LogP contribution in [0.1, 0.15) is 11.1 Å². The van der Waals surface area contributed by atoms with Gasteiger partial charge in [-0.2, -0.15) is 18.3 Å². The van der Waals surface area contributed by atoms with Gasteiger partial charge in [0, 0.05) is 5.56 Å². The molecule has 0 saturated heterocycles. The van der Waals surface area contributed by atoms with Gasteiger partial charge in [0.05, 0.1) is 6.21 Å². The highest BCUT2D eigenvalue weighted by Crippen LogP contribution is 2.33. The Balaban J connectivity index is 3.07. The molecule has 0 aliphatic heterocycles. The van der Waals surface area contributed by atoms with Crippen LogP contribution in [0.5, 0.6) is 0 Å². The molecule has 0 saturated carbocycles. The molecule has 0 bridgehead atoms. The predicted octanol–water partition coefficient (Wildman–Crippen LogP) is 2.15. The second kappa shape index (κ2) is 5.25. The first-order valence-corrected chi connectivity index (χ1v) is 4.77. The van der Waals surface area contributed by atoms with Crippen LogP contribution in [0.4, 0.5) is 22.0 Å². The Morgan fingerprint density at radius 3 is 2.17 bits per heavy atom. The molecule has 98 valence electrons. The fourth-order valence-corrected chi connectivity index (χ4v) is 1.16. The molecular weight excluding hydrogens is 277 g/mol. The number of nitrogens with two attached hydrogens (primary N) is 1. The highest BCUT2D eigenvalue weighted by atomic mass is 32.1. The number of hydrogen-bond donors (Lipinski definition) is 2. The zero-order chi connectivity index (χ0) is 13.9. The van der Waals surface area contributed by atoms with Gasteiger partial charge in [-0.1, -0.05) is 0 Å². The number of nitrogens with one attached hydrogen (secondary N) is 1. The smallest absolute Gasteiger partial charge is 0.375 e. The second-order valence-corrected chi connectivity index (χ2v) is 3.53. The van der Waals surface area contributed by atoms with Crippen molar-refractivity contribution in [1.82, 2.24) is 5.43 Å². The Kier molecular flexibility index (Phi) is 4.17. The SMILES string of the molecule is NC(=S)NN=Cc1cc(F)c(C(F)(F)F)c(F)c1. The minimum Gasteiger partial charge on any atom is -0.375 e. The molecule has 1 aromatic rings. The van der Waals surface area contributed by atoms with E-state index in [4.69, 9.17) is 5.73 Å². The van der Waals surface area contributed by atoms with E-state index in [-0.39, 0.29) is 10.7 Å². The Morgan fingerprint density at radius 2 is 1.78 bits per heavy atom. The molecule has 18 heavy (non-hydrogen) atoms. The summed E-state index contributed by atoms with van der Waals surface area (Å²) in [5, 5.41) is 3.16. The van der Waals surface area contributed by atoms with Crippen molar-refractivity contribution in [2.24, 2.45) is 10.8 Å². The molecule has 1 aromatic carbocycles. The molecule has 0 aromatic heterocycles. The maximum Gasteiger partial charge on any atom is 0.422 e. The predicted molar refractivity (Wildman–Crippen MR) is 58.9 cm³/mol. The maximum atomic E-state index is 13.1. The molecule has 0 atom stereocenters. The Bertz CT molecular complexity index is 474. The van der Waals surface area contributed by atoms with Crippen LogP contribution in [0.25, 0.3) is 0 Å². The van der Waals surface area contributed by atoms with Crippen molar-refractivity contribution >= 4 is 23.5 Å². The molecule has 0 aliphatic carbocycles. The average molecular weight is 283 g/mol. The quantitative estimate of drug-likeness (QED) is 0.378. The van der Waals surface area contributed by atoms with Crippen molar-refractivity contribution in [3.8, 4) is 0 Å². The molecule has 0 fully saturated rings. The van der Waals surface area contributed by atoms with Crippen molar-refractivity contribution in [3.05, 3.63) is 34.9 Å². The van der Waals surface area contributed by atoms with Gasteiger partial charge in [0.1, 0.15) is 17.2 Å². The normalized spacial score (nSPS) is 11.8. The summed E-state index contributed by atoms with van der Waals surface area (Å²) in [6.45, 7) is 0. The van der Waals surface area contributed by atoms with E-state index in [2.05, 4.69) is 22.7 Å². The number of thiocarbonyl (C=S) groups is 1. The van der Waals surface area contributed by atoms with Crippen molar-refractivity contribution in [3.63, 3.8) is 0 Å². The van der Waals surface area contributed by atoms with Crippen LogP contribution < -0.4 is 11.2 Å². The molecule has 0 amide bonds. The minimum atomic E-state index is -5.10. The van der Waals surface area contributed by atoms with E-state index in [0.717, 1.165) is 6.21 Å². The van der Waals surface area contributed by atoms with Crippen LogP contribution >= 0.6 is 12.2 Å². The first-order valence-electron chi connectivity index (χ1n) is 4.36. The van der Waals surface area contributed by atoms with Gasteiger partial charge in [-0.05, 0) is 24.4 Å². The largest absolute Gasteiger partial charge is 0.422 e. The fraction of sp³-hybridized carbons (Fsp3) is 0.111. The van der Waals surface area contributed by atoms with Crippen molar-refractivity contribution < 1.29 is 22.0 Å². The second-order valence-electron chi connectivity index (χ2n) is 3.09. The summed E-state index contributed by atoms with van der Waals surface area (Å²) in [5.41, 5.74) is 4.95. The third-order valence-electron chi connectivity index (χ3n) is 1.74. The van der Waals surface area contributed by atoms with Crippen LogP contribution in [0, 0.1) is 11.6 Å². The van der Waals surface area contributed by atoms with Crippen molar-refractivity contribution in [1.29, 1.82) is 0 Å². The summed E-state index contributed by atoms with van der Waals surface area (Å²) >= 11 is 4.39. The van der Waals surface area contributed by atoms with Crippen LogP contribution in [0.15, 0.2) is 17.2 Å². The zero-order valence-electron chi connectivity index (χ0n) is 8.55. The van der Waals surface area contributed by atoms with Gasteiger partial charge in [-0.15, -0.1) is 0 Å². The summed E-state index contributed by atoms with van der Waals surface area (Å²) in [4.78, 5) is 0. The van der Waals surface area contributed by atoms with E-state index in [9.17, 15) is 22.0 Å². The van der Waals surface area contributed by atoms with Crippen LogP contribution in [0.3, 0.4) is 0 Å². The van der Waals surface area contributed by atoms with Crippen LogP contribution in [0.2, 0.25) is 0 Å². The van der Waals surface area contributed by atoms with E-state index in [1.165, 1.54) is 0 Å². The lowest BCUT2D eigenvalue weighted by atomic mass is 10.1. The molecular formula is C9H6F5N3S. The summed E-state index contributed by atoms with van der Waals surface area (Å²) in [6.07, 6.45) is -4.22. The zero-order valence-corrected chi connectivity index (χ0v) is 9.37. The molecule has 9 heteroatoms. The molecule has 0 aliphatic rings. The van der Waals surface area contributed by atoms with Gasteiger partial charge in [0.15, 0.2) is 5.11 Å². The molecule has 1 rings (SSSR count). The van der Waals surface area contributed by atoms with E-state index in [1.807, 2.05) is 0 Å². The summed E-state index contributed by atoms with van der Waals surface area (Å²) in [6, 6.07) is 0.993. The van der Waals surface area contributed by atoms with Crippen molar-refractivity contribution in [2.45, 2.75) is 6.18 Å². The first-order chi connectivity index (χ1) is 8.21. The lowest BCUT2D eigenvalue weighted by Crippen LogP contribution is -2.24. The van der Waals surface area contributed by atoms with Crippen LogP contribution in [-0.4, -0.2) is 11.3 Å². The molecule has 0 spiro atoms. The molecule has 0 heterocycles. The standard InChI is InChI=1S/C9H6F5N3S/c10-5-1-4(3-16-17-8(15)18)2-6(11)7(5)9(12,13)14/h1-3H,(H3,15,17,18). The number of hydrogen-bond acceptors (Lipinski definition) is 2. The summed E-state index contributed by atoms with van der Waals surface area (Å²) in [5.74, 6) is -3.45. The Labute approximate surface area is 103 Å². The van der Waals surface area contributed by atoms with E-state index >= 15 is 0 Å². The van der Waals surface area contributed by atoms with E-state index < -0.39 is 23.4 Å². The molecule has 0 radical (unpaired) electrons. The highest BCUT2D eigenvalue weighted by Gasteiger charge is 2.37. The van der Waals surface area contributed by atoms with Gasteiger partial charge < -0.3 is 5.73 Å². The maximum absolute atomic E-state index is 13.1. The number of halogens is 5. The van der Waals surface area contributed by atoms with E-state index in [0.29, 0.717) is 12.1 Å². The van der Waals surface area contributed by atoms with Gasteiger partial charge >= 0.3 is 6.18 Å². The minimum absolute atomic E-state index is 0.195. The number of rotatable bonds is 2. The average Bonchev–Trinajstić information content (AvgIpc) is 2.12. The van der Waals surface area contributed by atoms with E-state index in [1.54, 1.807) is 0 Å². The van der Waals surface area contributed by atoms with Crippen LogP contribution in [-0.2, 0) is 6.18 Å². The summed E-state index contributed by atoms with van der Waals surface area (Å²) in [7, 11) is 0. The first kappa shape index (κ1) is 14.3. The number of hydrazone groups is 1.